The summed E-state index contributed by atoms with van der Waals surface area (Å²) in [7, 11) is -1.65. The van der Waals surface area contributed by atoms with E-state index >= 15 is 0 Å². The molecule has 0 saturated heterocycles. The highest BCUT2D eigenvalue weighted by Crippen LogP contribution is 2.20. The second kappa shape index (κ2) is 8.16. The molecule has 1 aromatic rings. The fourth-order valence-electron chi connectivity index (χ4n) is 1.17. The lowest BCUT2D eigenvalue weighted by Crippen LogP contribution is -2.21. The molecular formula is C13H18F3NO3S. The van der Waals surface area contributed by atoms with Gasteiger partial charge in [-0.15, -0.1) is 0 Å². The van der Waals surface area contributed by atoms with Crippen LogP contribution < -0.4 is 0 Å². The summed E-state index contributed by atoms with van der Waals surface area (Å²) < 4.78 is 57.5. The number of halogens is 3. The maximum Gasteiger partial charge on any atom is 0.522 e. The number of nitrogens with zero attached hydrogens (tertiary/aromatic N) is 1. The van der Waals surface area contributed by atoms with Crippen LogP contribution in [0.1, 0.15) is 11.1 Å². The molecule has 1 N–H and O–H groups in total. The fourth-order valence-corrected chi connectivity index (χ4v) is 1.17. The lowest BCUT2D eigenvalue weighted by Gasteiger charge is -2.08. The average molecular weight is 325 g/mol. The van der Waals surface area contributed by atoms with Crippen LogP contribution in [-0.2, 0) is 16.5 Å². The molecule has 0 bridgehead atoms. The molecule has 8 heteroatoms. The van der Waals surface area contributed by atoms with E-state index in [2.05, 4.69) is 49.8 Å². The Hall–Kier alpha value is -1.38. The zero-order valence-electron chi connectivity index (χ0n) is 11.8. The summed E-state index contributed by atoms with van der Waals surface area (Å²) in [6.07, 6.45) is 2.99. The quantitative estimate of drug-likeness (QED) is 0.683. The highest BCUT2D eigenvalue weighted by atomic mass is 32.2. The minimum absolute atomic E-state index is 1.10. The van der Waals surface area contributed by atoms with Crippen LogP contribution in [0.25, 0.3) is 6.08 Å². The summed E-state index contributed by atoms with van der Waals surface area (Å²) in [5.41, 5.74) is -2.96. The second-order valence-electron chi connectivity index (χ2n) is 4.42. The summed E-state index contributed by atoms with van der Waals surface area (Å²) in [5.74, 6) is 0. The van der Waals surface area contributed by atoms with Gasteiger partial charge in [0.2, 0.25) is 0 Å². The molecule has 4 nitrogen and oxygen atoms in total. The van der Waals surface area contributed by atoms with Crippen molar-refractivity contribution in [2.75, 3.05) is 20.6 Å². The van der Waals surface area contributed by atoms with Crippen molar-refractivity contribution in [1.29, 1.82) is 0 Å². The van der Waals surface area contributed by atoms with E-state index < -0.39 is 15.6 Å². The molecule has 0 aliphatic heterocycles. The number of hydrogen-bond acceptors (Lipinski definition) is 3. The zero-order chi connectivity index (χ0) is 16.7. The predicted molar refractivity (Wildman–Crippen MR) is 76.4 cm³/mol. The van der Waals surface area contributed by atoms with Gasteiger partial charge in [0, 0.05) is 6.54 Å². The van der Waals surface area contributed by atoms with Crippen LogP contribution in [0.4, 0.5) is 13.2 Å². The summed E-state index contributed by atoms with van der Waals surface area (Å²) in [6, 6.07) is 8.55. The van der Waals surface area contributed by atoms with E-state index in [1.165, 1.54) is 11.1 Å². The maximum absolute atomic E-state index is 10.7. The van der Waals surface area contributed by atoms with Gasteiger partial charge in [0.05, 0.1) is 0 Å². The normalized spacial score (nSPS) is 11.8. The summed E-state index contributed by atoms with van der Waals surface area (Å²) in [5, 5.41) is 0. The first-order valence-electron chi connectivity index (χ1n) is 5.87. The van der Waals surface area contributed by atoms with Crippen molar-refractivity contribution >= 4 is 16.2 Å². The molecule has 0 heterocycles. The lowest BCUT2D eigenvalue weighted by atomic mass is 10.1. The molecule has 0 aromatic heterocycles. The molecule has 0 atom stereocenters. The summed E-state index contributed by atoms with van der Waals surface area (Å²) in [6.45, 7) is 4.83. The topological polar surface area (TPSA) is 57.6 Å². The molecule has 0 aliphatic carbocycles. The van der Waals surface area contributed by atoms with Crippen molar-refractivity contribution in [1.82, 2.24) is 4.90 Å². The smallest absolute Gasteiger partial charge is 0.309 e. The van der Waals surface area contributed by atoms with Crippen LogP contribution in [0.3, 0.4) is 0 Å². The van der Waals surface area contributed by atoms with E-state index in [0.29, 0.717) is 0 Å². The standard InChI is InChI=1S/C12H17N.CHF3O3S/c1-4-11-5-7-12(8-6-11)9-10-13(2)3;2-1(3,4)8(5,6)7/h4-8H,1,9-10H2,2-3H3;(H,5,6,7). The van der Waals surface area contributed by atoms with Crippen molar-refractivity contribution in [3.63, 3.8) is 0 Å². The van der Waals surface area contributed by atoms with Gasteiger partial charge < -0.3 is 4.90 Å². The molecule has 0 amide bonds. The van der Waals surface area contributed by atoms with Crippen LogP contribution in [0, 0.1) is 0 Å². The van der Waals surface area contributed by atoms with E-state index in [-0.39, 0.29) is 0 Å². The van der Waals surface area contributed by atoms with Crippen LogP contribution in [0.5, 0.6) is 0 Å². The van der Waals surface area contributed by atoms with E-state index in [0.717, 1.165) is 13.0 Å². The Balaban J connectivity index is 0.000000433. The first-order valence-corrected chi connectivity index (χ1v) is 7.31. The molecule has 120 valence electrons. The predicted octanol–water partition coefficient (Wildman–Crippen LogP) is 2.83. The summed E-state index contributed by atoms with van der Waals surface area (Å²) >= 11 is 0. The van der Waals surface area contributed by atoms with Gasteiger partial charge in [0.1, 0.15) is 0 Å². The van der Waals surface area contributed by atoms with Gasteiger partial charge in [-0.1, -0.05) is 36.9 Å². The third-order valence-electron chi connectivity index (χ3n) is 2.36. The second-order valence-corrected chi connectivity index (χ2v) is 5.83. The fraction of sp³-hybridized carbons (Fsp3) is 0.385. The Morgan fingerprint density at radius 3 is 1.95 bits per heavy atom. The first kappa shape index (κ1) is 19.6. The van der Waals surface area contributed by atoms with Gasteiger partial charge >= 0.3 is 15.6 Å². The Kier molecular flexibility index (Phi) is 7.62. The van der Waals surface area contributed by atoms with Gasteiger partial charge in [-0.3, -0.25) is 4.55 Å². The molecule has 0 spiro atoms. The van der Waals surface area contributed by atoms with Crippen molar-refractivity contribution < 1.29 is 26.1 Å². The first-order chi connectivity index (χ1) is 9.47. The lowest BCUT2D eigenvalue weighted by molar-refractivity contribution is -0.0510. The van der Waals surface area contributed by atoms with Crippen molar-refractivity contribution in [2.24, 2.45) is 0 Å². The Morgan fingerprint density at radius 1 is 1.24 bits per heavy atom. The van der Waals surface area contributed by atoms with Gasteiger partial charge in [0.25, 0.3) is 0 Å². The average Bonchev–Trinajstić information content (AvgIpc) is 2.35. The van der Waals surface area contributed by atoms with Crippen LogP contribution in [-0.4, -0.2) is 44.0 Å². The molecule has 1 aromatic carbocycles. The van der Waals surface area contributed by atoms with E-state index in [4.69, 9.17) is 13.0 Å². The molecule has 0 radical (unpaired) electrons. The largest absolute Gasteiger partial charge is 0.522 e. The number of alkyl halides is 3. The highest BCUT2D eigenvalue weighted by molar-refractivity contribution is 7.86. The van der Waals surface area contributed by atoms with Crippen molar-refractivity contribution in [3.8, 4) is 0 Å². The third kappa shape index (κ3) is 8.49. The molecule has 0 fully saturated rings. The van der Waals surface area contributed by atoms with Gasteiger partial charge in [-0.05, 0) is 31.6 Å². The van der Waals surface area contributed by atoms with Crippen LogP contribution >= 0.6 is 0 Å². The van der Waals surface area contributed by atoms with Crippen molar-refractivity contribution in [3.05, 3.63) is 42.0 Å². The van der Waals surface area contributed by atoms with Gasteiger partial charge in [0.15, 0.2) is 0 Å². The maximum atomic E-state index is 10.7. The number of rotatable bonds is 4. The summed E-state index contributed by atoms with van der Waals surface area (Å²) in [4.78, 5) is 2.20. The Morgan fingerprint density at radius 2 is 1.67 bits per heavy atom. The van der Waals surface area contributed by atoms with Crippen LogP contribution in [0.15, 0.2) is 30.8 Å². The number of hydrogen-bond donors (Lipinski definition) is 1. The minimum Gasteiger partial charge on any atom is -0.309 e. The van der Waals surface area contributed by atoms with E-state index in [1.807, 2.05) is 6.08 Å². The monoisotopic (exact) mass is 325 g/mol. The highest BCUT2D eigenvalue weighted by Gasteiger charge is 2.44. The molecule has 0 saturated carbocycles. The molecular weight excluding hydrogens is 307 g/mol. The van der Waals surface area contributed by atoms with Crippen molar-refractivity contribution in [2.45, 2.75) is 11.9 Å². The molecule has 21 heavy (non-hydrogen) atoms. The number of benzene rings is 1. The van der Waals surface area contributed by atoms with Gasteiger partial charge in [-0.25, -0.2) is 0 Å². The van der Waals surface area contributed by atoms with Gasteiger partial charge in [-0.2, -0.15) is 21.6 Å². The van der Waals surface area contributed by atoms with E-state index in [9.17, 15) is 13.2 Å². The SMILES string of the molecule is C=Cc1ccc(CCN(C)C)cc1.O=S(=O)(O)C(F)(F)F. The minimum atomic E-state index is -5.84. The van der Waals surface area contributed by atoms with Crippen LogP contribution in [0.2, 0.25) is 0 Å². The Labute approximate surface area is 122 Å². The number of likely N-dealkylation sites (N-methyl/N-ethyl adjacent to an activating group) is 1. The molecule has 0 unspecified atom stereocenters. The zero-order valence-corrected chi connectivity index (χ0v) is 12.6. The van der Waals surface area contributed by atoms with E-state index in [1.54, 1.807) is 0 Å². The Bertz CT molecular complexity index is 537. The third-order valence-corrected chi connectivity index (χ3v) is 2.94. The molecule has 1 rings (SSSR count). The molecule has 0 aliphatic rings.